The molecule has 0 bridgehead atoms. The van der Waals surface area contributed by atoms with Crippen LogP contribution in [0, 0.1) is 6.92 Å². The molecule has 0 aromatic heterocycles. The number of ether oxygens (including phenoxy) is 1. The molecule has 0 atom stereocenters. The number of aryl methyl sites for hydroxylation is 1. The van der Waals surface area contributed by atoms with E-state index in [-0.39, 0.29) is 0 Å². The lowest BCUT2D eigenvalue weighted by Crippen LogP contribution is -1.98. The standard InChI is InChI=1S/C15H17NO/c1-13-4-6-15(7-5-13)17-12-9-14-3-2-10-16-11-8-14/h3-8,10-11H,2,9,12H2,1H3. The van der Waals surface area contributed by atoms with Gasteiger partial charge in [-0.3, -0.25) is 4.99 Å². The molecular weight excluding hydrogens is 210 g/mol. The highest BCUT2D eigenvalue weighted by molar-refractivity contribution is 5.61. The zero-order valence-corrected chi connectivity index (χ0v) is 10.1. The van der Waals surface area contributed by atoms with Crippen LogP contribution in [-0.2, 0) is 0 Å². The van der Waals surface area contributed by atoms with Gasteiger partial charge in [0.1, 0.15) is 5.75 Å². The van der Waals surface area contributed by atoms with Gasteiger partial charge in [0.2, 0.25) is 0 Å². The van der Waals surface area contributed by atoms with Crippen LogP contribution >= 0.6 is 0 Å². The Morgan fingerprint density at radius 1 is 1.24 bits per heavy atom. The molecule has 0 aliphatic carbocycles. The molecule has 2 nitrogen and oxygen atoms in total. The van der Waals surface area contributed by atoms with Crippen LogP contribution in [0.25, 0.3) is 0 Å². The van der Waals surface area contributed by atoms with E-state index in [1.54, 1.807) is 0 Å². The third-order valence-electron chi connectivity index (χ3n) is 2.65. The zero-order chi connectivity index (χ0) is 11.9. The fourth-order valence-corrected chi connectivity index (χ4v) is 1.64. The first-order chi connectivity index (χ1) is 8.34. The number of hydrogen-bond donors (Lipinski definition) is 0. The van der Waals surface area contributed by atoms with Crippen LogP contribution in [0.1, 0.15) is 18.4 Å². The van der Waals surface area contributed by atoms with E-state index in [1.807, 2.05) is 30.6 Å². The van der Waals surface area contributed by atoms with Gasteiger partial charge in [0.25, 0.3) is 0 Å². The number of hydrogen-bond acceptors (Lipinski definition) is 2. The van der Waals surface area contributed by atoms with Crippen molar-refractivity contribution in [2.75, 3.05) is 6.61 Å². The fourth-order valence-electron chi connectivity index (χ4n) is 1.64. The number of nitrogens with zero attached hydrogens (tertiary/aromatic N) is 1. The van der Waals surface area contributed by atoms with Gasteiger partial charge in [-0.25, -0.2) is 0 Å². The first-order valence-electron chi connectivity index (χ1n) is 5.91. The summed E-state index contributed by atoms with van der Waals surface area (Å²) in [5.41, 5.74) is 2.54. The summed E-state index contributed by atoms with van der Waals surface area (Å²) in [5.74, 6) is 0.935. The molecule has 2 rings (SSSR count). The topological polar surface area (TPSA) is 21.6 Å². The van der Waals surface area contributed by atoms with Crippen LogP contribution in [0.3, 0.4) is 0 Å². The van der Waals surface area contributed by atoms with Crippen molar-refractivity contribution in [3.63, 3.8) is 0 Å². The van der Waals surface area contributed by atoms with Crippen molar-refractivity contribution in [1.29, 1.82) is 0 Å². The van der Waals surface area contributed by atoms with Crippen LogP contribution < -0.4 is 4.74 Å². The number of allylic oxidation sites excluding steroid dienone is 2. The predicted octanol–water partition coefficient (Wildman–Crippen LogP) is 3.68. The lowest BCUT2D eigenvalue weighted by atomic mass is 10.1. The lowest BCUT2D eigenvalue weighted by molar-refractivity contribution is 0.322. The molecule has 2 heteroatoms. The Hall–Kier alpha value is -1.83. The minimum Gasteiger partial charge on any atom is -0.493 e. The van der Waals surface area contributed by atoms with Crippen LogP contribution in [0.5, 0.6) is 5.75 Å². The highest BCUT2D eigenvalue weighted by Crippen LogP contribution is 2.13. The van der Waals surface area contributed by atoms with Crippen LogP contribution in [0.4, 0.5) is 0 Å². The Morgan fingerprint density at radius 2 is 2.06 bits per heavy atom. The molecule has 1 aliphatic rings. The van der Waals surface area contributed by atoms with E-state index in [2.05, 4.69) is 30.1 Å². The predicted molar refractivity (Wildman–Crippen MR) is 71.6 cm³/mol. The summed E-state index contributed by atoms with van der Waals surface area (Å²) in [5, 5.41) is 0. The van der Waals surface area contributed by atoms with Crippen LogP contribution in [0.15, 0.2) is 53.2 Å². The maximum Gasteiger partial charge on any atom is 0.119 e. The lowest BCUT2D eigenvalue weighted by Gasteiger charge is -2.06. The monoisotopic (exact) mass is 227 g/mol. The minimum absolute atomic E-state index is 0.708. The van der Waals surface area contributed by atoms with Crippen molar-refractivity contribution in [2.45, 2.75) is 19.8 Å². The van der Waals surface area contributed by atoms with E-state index in [9.17, 15) is 0 Å². The Bertz CT molecular complexity index is 440. The third-order valence-corrected chi connectivity index (χ3v) is 2.65. The summed E-state index contributed by atoms with van der Waals surface area (Å²) in [7, 11) is 0. The number of benzene rings is 1. The van der Waals surface area contributed by atoms with Crippen molar-refractivity contribution < 1.29 is 4.74 Å². The molecular formula is C15H17NO. The second kappa shape index (κ2) is 6.04. The first kappa shape index (κ1) is 11.6. The summed E-state index contributed by atoms with van der Waals surface area (Å²) in [6.45, 7) is 2.78. The first-order valence-corrected chi connectivity index (χ1v) is 5.91. The van der Waals surface area contributed by atoms with Gasteiger partial charge in [-0.05, 0) is 30.7 Å². The molecule has 0 spiro atoms. The normalized spacial score (nSPS) is 14.3. The summed E-state index contributed by atoms with van der Waals surface area (Å²) < 4.78 is 5.69. The van der Waals surface area contributed by atoms with Crippen molar-refractivity contribution in [1.82, 2.24) is 0 Å². The molecule has 0 N–H and O–H groups in total. The van der Waals surface area contributed by atoms with E-state index in [0.717, 1.165) is 18.6 Å². The van der Waals surface area contributed by atoms with Gasteiger partial charge < -0.3 is 4.74 Å². The minimum atomic E-state index is 0.708. The molecule has 0 saturated heterocycles. The average molecular weight is 227 g/mol. The molecule has 0 saturated carbocycles. The second-order valence-electron chi connectivity index (χ2n) is 4.07. The third kappa shape index (κ3) is 3.91. The molecule has 0 radical (unpaired) electrons. The van der Waals surface area contributed by atoms with E-state index in [1.165, 1.54) is 11.1 Å². The number of aliphatic imine (C=N–C) groups is 1. The van der Waals surface area contributed by atoms with Gasteiger partial charge in [-0.1, -0.05) is 23.8 Å². The van der Waals surface area contributed by atoms with Gasteiger partial charge in [0.15, 0.2) is 0 Å². The molecule has 1 aromatic carbocycles. The van der Waals surface area contributed by atoms with Gasteiger partial charge in [0, 0.05) is 25.3 Å². The largest absolute Gasteiger partial charge is 0.493 e. The SMILES string of the molecule is Cc1ccc(OCCC2=CCC=NC=C2)cc1. The molecule has 0 fully saturated rings. The number of rotatable bonds is 4. The Kier molecular flexibility index (Phi) is 4.14. The van der Waals surface area contributed by atoms with E-state index >= 15 is 0 Å². The molecule has 0 amide bonds. The smallest absolute Gasteiger partial charge is 0.119 e. The van der Waals surface area contributed by atoms with Gasteiger partial charge >= 0.3 is 0 Å². The van der Waals surface area contributed by atoms with Crippen LogP contribution in [0.2, 0.25) is 0 Å². The van der Waals surface area contributed by atoms with Gasteiger partial charge in [-0.15, -0.1) is 0 Å². The van der Waals surface area contributed by atoms with E-state index in [4.69, 9.17) is 4.74 Å². The summed E-state index contributed by atoms with van der Waals surface area (Å²) in [6.07, 6.45) is 9.81. The fraction of sp³-hybridized carbons (Fsp3) is 0.267. The molecule has 88 valence electrons. The Labute approximate surface area is 102 Å². The highest BCUT2D eigenvalue weighted by Gasteiger charge is 1.97. The quantitative estimate of drug-likeness (QED) is 0.769. The maximum atomic E-state index is 5.69. The summed E-state index contributed by atoms with van der Waals surface area (Å²) in [4.78, 5) is 4.10. The summed E-state index contributed by atoms with van der Waals surface area (Å²) in [6, 6.07) is 8.15. The zero-order valence-electron chi connectivity index (χ0n) is 10.1. The van der Waals surface area contributed by atoms with Crippen molar-refractivity contribution in [3.8, 4) is 5.75 Å². The maximum absolute atomic E-state index is 5.69. The average Bonchev–Trinajstić information content (AvgIpc) is 2.60. The molecule has 1 aliphatic heterocycles. The van der Waals surface area contributed by atoms with Crippen LogP contribution in [-0.4, -0.2) is 12.8 Å². The molecule has 17 heavy (non-hydrogen) atoms. The van der Waals surface area contributed by atoms with Crippen molar-refractivity contribution >= 4 is 6.21 Å². The highest BCUT2D eigenvalue weighted by atomic mass is 16.5. The van der Waals surface area contributed by atoms with E-state index in [0.29, 0.717) is 6.61 Å². The second-order valence-corrected chi connectivity index (χ2v) is 4.07. The van der Waals surface area contributed by atoms with Crippen molar-refractivity contribution in [2.24, 2.45) is 4.99 Å². The molecule has 1 aromatic rings. The molecule has 0 unspecified atom stereocenters. The van der Waals surface area contributed by atoms with E-state index < -0.39 is 0 Å². The van der Waals surface area contributed by atoms with Gasteiger partial charge in [0.05, 0.1) is 6.61 Å². The summed E-state index contributed by atoms with van der Waals surface area (Å²) >= 11 is 0. The van der Waals surface area contributed by atoms with Crippen molar-refractivity contribution in [3.05, 3.63) is 53.8 Å². The molecule has 1 heterocycles. The Balaban J connectivity index is 1.79. The van der Waals surface area contributed by atoms with Gasteiger partial charge in [-0.2, -0.15) is 0 Å². The Morgan fingerprint density at radius 3 is 2.88 bits per heavy atom.